The van der Waals surface area contributed by atoms with Crippen LogP contribution in [0.25, 0.3) is 11.2 Å². The van der Waals surface area contributed by atoms with Crippen LogP contribution in [0, 0.1) is 0 Å². The van der Waals surface area contributed by atoms with Gasteiger partial charge in [-0.3, -0.25) is 0 Å². The molecule has 2 heterocycles. The predicted molar refractivity (Wildman–Crippen MR) is 68.7 cm³/mol. The van der Waals surface area contributed by atoms with Gasteiger partial charge in [0.05, 0.1) is 25.3 Å². The average Bonchev–Trinajstić information content (AvgIpc) is 2.71. The van der Waals surface area contributed by atoms with E-state index in [0.717, 1.165) is 6.66 Å². The second-order valence-corrected chi connectivity index (χ2v) is 6.73. The van der Waals surface area contributed by atoms with Gasteiger partial charge in [0.1, 0.15) is 11.8 Å². The number of ether oxygens (including phenoxy) is 1. The number of hydrogen-bond donors (Lipinski definition) is 1. The third kappa shape index (κ3) is 3.50. The molecule has 0 spiro atoms. The van der Waals surface area contributed by atoms with Gasteiger partial charge in [0.15, 0.2) is 11.5 Å². The first kappa shape index (κ1) is 13.9. The molecule has 2 rings (SSSR count). The molecule has 0 bridgehead atoms. The first-order valence-corrected chi connectivity index (χ1v) is 7.93. The quantitative estimate of drug-likeness (QED) is 0.769. The maximum absolute atomic E-state index is 11.0. The molecule has 2 unspecified atom stereocenters. The van der Waals surface area contributed by atoms with Crippen LogP contribution in [0.3, 0.4) is 0 Å². The lowest BCUT2D eigenvalue weighted by Gasteiger charge is -2.21. The summed E-state index contributed by atoms with van der Waals surface area (Å²) in [7, 11) is -3.41. The highest BCUT2D eigenvalue weighted by Gasteiger charge is 2.11. The molecule has 0 aliphatic rings. The number of aromatic nitrogens is 4. The largest absolute Gasteiger partial charge is 0.798 e. The molecule has 9 heteroatoms. The van der Waals surface area contributed by atoms with Crippen molar-refractivity contribution in [2.45, 2.75) is 19.6 Å². The van der Waals surface area contributed by atoms with Crippen LogP contribution in [0.15, 0.2) is 12.7 Å². The Bertz CT molecular complexity index is 623. The summed E-state index contributed by atoms with van der Waals surface area (Å²) < 4.78 is 18.1. The van der Waals surface area contributed by atoms with E-state index in [-0.39, 0.29) is 12.5 Å². The highest BCUT2D eigenvalue weighted by molar-refractivity contribution is 7.55. The third-order valence-corrected chi connectivity index (χ3v) is 3.09. The first-order chi connectivity index (χ1) is 8.87. The molecular weight excluding hydrogens is 269 g/mol. The van der Waals surface area contributed by atoms with Crippen molar-refractivity contribution in [1.82, 2.24) is 19.5 Å². The molecule has 104 valence electrons. The number of nitrogens with zero attached hydrogens (tertiary/aromatic N) is 4. The predicted octanol–water partition coefficient (Wildman–Crippen LogP) is 0.0393. The van der Waals surface area contributed by atoms with Gasteiger partial charge in [-0.05, 0) is 13.6 Å². The van der Waals surface area contributed by atoms with E-state index in [1.807, 2.05) is 0 Å². The summed E-state index contributed by atoms with van der Waals surface area (Å²) in [6.07, 6.45) is 2.38. The molecule has 0 aliphatic heterocycles. The van der Waals surface area contributed by atoms with Crippen LogP contribution in [-0.2, 0) is 15.8 Å². The monoisotopic (exact) mass is 284 g/mol. The number of nitrogen functional groups attached to an aromatic ring is 1. The molecule has 0 saturated heterocycles. The minimum atomic E-state index is -3.41. The fourth-order valence-corrected chi connectivity index (χ4v) is 2.15. The lowest BCUT2D eigenvalue weighted by Crippen LogP contribution is -2.19. The number of nitrogens with two attached hydrogens (primary N) is 1. The molecule has 8 nitrogen and oxygen atoms in total. The molecule has 19 heavy (non-hydrogen) atoms. The molecule has 0 saturated carbocycles. The molecular formula is C10H15N5O3P-. The lowest BCUT2D eigenvalue weighted by atomic mass is 10.4. The molecule has 2 aromatic heterocycles. The Hall–Kier alpha value is -1.50. The van der Waals surface area contributed by atoms with Crippen molar-refractivity contribution in [2.24, 2.45) is 0 Å². The Morgan fingerprint density at radius 1 is 1.53 bits per heavy atom. The van der Waals surface area contributed by atoms with E-state index in [1.54, 1.807) is 17.8 Å². The topological polar surface area (TPSA) is 119 Å². The van der Waals surface area contributed by atoms with Crippen LogP contribution in [0.5, 0.6) is 0 Å². The first-order valence-electron chi connectivity index (χ1n) is 5.67. The highest BCUT2D eigenvalue weighted by atomic mass is 31.2. The second kappa shape index (κ2) is 5.24. The van der Waals surface area contributed by atoms with Crippen molar-refractivity contribution in [1.29, 1.82) is 0 Å². The molecule has 2 N–H and O–H groups in total. The van der Waals surface area contributed by atoms with Gasteiger partial charge in [0.2, 0.25) is 0 Å². The molecule has 0 radical (unpaired) electrons. The SMILES string of the molecule is CC(Cn1cnc2c(N)ncnc21)OCP(C)(=O)[O-]. The van der Waals surface area contributed by atoms with Crippen LogP contribution >= 0.6 is 7.37 Å². The van der Waals surface area contributed by atoms with Gasteiger partial charge in [0, 0.05) is 7.37 Å². The van der Waals surface area contributed by atoms with Crippen LogP contribution in [0.4, 0.5) is 5.82 Å². The summed E-state index contributed by atoms with van der Waals surface area (Å²) in [6, 6.07) is 0. The third-order valence-electron chi connectivity index (χ3n) is 2.48. The van der Waals surface area contributed by atoms with Crippen molar-refractivity contribution in [3.05, 3.63) is 12.7 Å². The van der Waals surface area contributed by atoms with Crippen LogP contribution in [-0.4, -0.2) is 38.6 Å². The number of fused-ring (bicyclic) bond motifs is 1. The van der Waals surface area contributed by atoms with Crippen molar-refractivity contribution >= 4 is 24.4 Å². The van der Waals surface area contributed by atoms with E-state index in [2.05, 4.69) is 15.0 Å². The van der Waals surface area contributed by atoms with E-state index in [4.69, 9.17) is 10.5 Å². The van der Waals surface area contributed by atoms with Crippen molar-refractivity contribution in [3.8, 4) is 0 Å². The fraction of sp³-hybridized carbons (Fsp3) is 0.500. The number of hydrogen-bond acceptors (Lipinski definition) is 7. The molecule has 0 amide bonds. The van der Waals surface area contributed by atoms with Crippen molar-refractivity contribution in [2.75, 3.05) is 18.7 Å². The minimum absolute atomic E-state index is 0.280. The van der Waals surface area contributed by atoms with Gasteiger partial charge in [-0.25, -0.2) is 15.0 Å². The summed E-state index contributed by atoms with van der Waals surface area (Å²) in [6.45, 7) is 3.37. The maximum atomic E-state index is 11.0. The van der Waals surface area contributed by atoms with Gasteiger partial charge in [-0.1, -0.05) is 0 Å². The Morgan fingerprint density at radius 2 is 2.26 bits per heavy atom. The summed E-state index contributed by atoms with van der Waals surface area (Å²) >= 11 is 0. The second-order valence-electron chi connectivity index (χ2n) is 4.45. The lowest BCUT2D eigenvalue weighted by molar-refractivity contribution is -0.179. The zero-order chi connectivity index (χ0) is 14.0. The van der Waals surface area contributed by atoms with Crippen LogP contribution in [0.1, 0.15) is 6.92 Å². The standard InChI is InChI=1S/C10H16N5O3P/c1-7(18-6-19(2,16)17)3-15-5-14-8-9(11)12-4-13-10(8)15/h4-5,7H,3,6H2,1-2H3,(H,16,17)(H2,11,12,13)/p-1. The number of anilines is 1. The zero-order valence-corrected chi connectivity index (χ0v) is 11.6. The zero-order valence-electron chi connectivity index (χ0n) is 10.7. The number of imidazole rings is 1. The summed E-state index contributed by atoms with van der Waals surface area (Å²) in [5.41, 5.74) is 6.81. The smallest absolute Gasteiger partial charge is 0.165 e. The highest BCUT2D eigenvalue weighted by Crippen LogP contribution is 2.29. The normalized spacial score (nSPS) is 16.4. The number of rotatable bonds is 5. The fourth-order valence-electron chi connectivity index (χ4n) is 1.62. The van der Waals surface area contributed by atoms with E-state index < -0.39 is 7.37 Å². The van der Waals surface area contributed by atoms with E-state index in [1.165, 1.54) is 6.33 Å². The average molecular weight is 284 g/mol. The molecule has 2 atom stereocenters. The molecule has 0 aromatic carbocycles. The van der Waals surface area contributed by atoms with E-state index in [0.29, 0.717) is 23.5 Å². The van der Waals surface area contributed by atoms with E-state index >= 15 is 0 Å². The van der Waals surface area contributed by atoms with E-state index in [9.17, 15) is 9.46 Å². The van der Waals surface area contributed by atoms with Gasteiger partial charge in [-0.2, -0.15) is 0 Å². The molecule has 0 fully saturated rings. The Morgan fingerprint density at radius 3 is 2.95 bits per heavy atom. The van der Waals surface area contributed by atoms with Crippen molar-refractivity contribution in [3.63, 3.8) is 0 Å². The minimum Gasteiger partial charge on any atom is -0.798 e. The van der Waals surface area contributed by atoms with Crippen molar-refractivity contribution < 1.29 is 14.2 Å². The van der Waals surface area contributed by atoms with Gasteiger partial charge < -0.3 is 24.5 Å². The van der Waals surface area contributed by atoms with Gasteiger partial charge >= 0.3 is 0 Å². The maximum Gasteiger partial charge on any atom is 0.165 e. The van der Waals surface area contributed by atoms with Crippen LogP contribution < -0.4 is 10.6 Å². The summed E-state index contributed by atoms with van der Waals surface area (Å²) in [5, 5.41) is 0. The Kier molecular flexibility index (Phi) is 3.84. The van der Waals surface area contributed by atoms with Crippen LogP contribution in [0.2, 0.25) is 0 Å². The molecule has 2 aromatic rings. The van der Waals surface area contributed by atoms with Gasteiger partial charge in [-0.15, -0.1) is 0 Å². The summed E-state index contributed by atoms with van der Waals surface area (Å²) in [4.78, 5) is 23.1. The molecule has 0 aliphatic carbocycles. The Balaban J connectivity index is 2.09. The van der Waals surface area contributed by atoms with Gasteiger partial charge in [0.25, 0.3) is 0 Å². The Labute approximate surface area is 110 Å². The summed E-state index contributed by atoms with van der Waals surface area (Å²) in [5.74, 6) is 0.315.